The molecule has 0 fully saturated rings. The Morgan fingerprint density at radius 1 is 1.47 bits per heavy atom. The normalized spacial score (nSPS) is 13.4. The van der Waals surface area contributed by atoms with Crippen LogP contribution in [0, 0.1) is 5.82 Å². The van der Waals surface area contributed by atoms with E-state index in [1.807, 2.05) is 6.07 Å². The molecular weight excluding hydrogens is 287 g/mol. The topological polar surface area (TPSA) is 72.2 Å². The third kappa shape index (κ3) is 7.51. The zero-order valence-corrected chi connectivity index (χ0v) is 12.4. The first-order chi connectivity index (χ1) is 8.90. The van der Waals surface area contributed by atoms with E-state index in [2.05, 4.69) is 5.43 Å². The maximum Gasteiger partial charge on any atom is 0.147 e. The molecule has 0 heterocycles. The second-order valence-electron chi connectivity index (χ2n) is 4.40. The van der Waals surface area contributed by atoms with Crippen LogP contribution < -0.4 is 11.3 Å². The van der Waals surface area contributed by atoms with Crippen molar-refractivity contribution >= 4 is 21.6 Å². The first kappa shape index (κ1) is 16.4. The van der Waals surface area contributed by atoms with Crippen LogP contribution >= 0.6 is 11.8 Å². The van der Waals surface area contributed by atoms with Crippen molar-refractivity contribution in [2.24, 2.45) is 5.84 Å². The maximum atomic E-state index is 13.0. The first-order valence-electron chi connectivity index (χ1n) is 5.93. The Hall–Kier alpha value is -0.630. The highest BCUT2D eigenvalue weighted by molar-refractivity contribution is 7.99. The minimum atomic E-state index is -2.93. The fourth-order valence-electron chi connectivity index (χ4n) is 1.56. The molecule has 1 rings (SSSR count). The number of hydrogen-bond donors (Lipinski definition) is 2. The Balaban J connectivity index is 2.36. The molecule has 0 radical (unpaired) electrons. The van der Waals surface area contributed by atoms with E-state index in [9.17, 15) is 12.8 Å². The van der Waals surface area contributed by atoms with Crippen molar-refractivity contribution in [3.8, 4) is 0 Å². The van der Waals surface area contributed by atoms with Crippen molar-refractivity contribution in [1.82, 2.24) is 5.43 Å². The van der Waals surface area contributed by atoms with Gasteiger partial charge in [-0.1, -0.05) is 6.07 Å². The molecule has 0 bridgehead atoms. The van der Waals surface area contributed by atoms with Crippen molar-refractivity contribution in [2.75, 3.05) is 17.8 Å². The molecule has 7 heteroatoms. The van der Waals surface area contributed by atoms with Crippen molar-refractivity contribution in [1.29, 1.82) is 0 Å². The zero-order valence-electron chi connectivity index (χ0n) is 10.8. The van der Waals surface area contributed by atoms with Crippen LogP contribution in [-0.2, 0) is 9.84 Å². The van der Waals surface area contributed by atoms with E-state index in [0.717, 1.165) is 4.90 Å². The third-order valence-electron chi connectivity index (χ3n) is 2.55. The summed E-state index contributed by atoms with van der Waals surface area (Å²) in [4.78, 5) is 0.836. The van der Waals surface area contributed by atoms with Gasteiger partial charge in [-0.25, -0.2) is 12.8 Å². The fraction of sp³-hybridized carbons (Fsp3) is 0.500. The van der Waals surface area contributed by atoms with Gasteiger partial charge < -0.3 is 0 Å². The molecular formula is C12H19FN2O2S2. The highest BCUT2D eigenvalue weighted by atomic mass is 32.2. The summed E-state index contributed by atoms with van der Waals surface area (Å²) in [6, 6.07) is 6.36. The monoisotopic (exact) mass is 306 g/mol. The molecule has 0 saturated heterocycles. The van der Waals surface area contributed by atoms with E-state index >= 15 is 0 Å². The smallest absolute Gasteiger partial charge is 0.147 e. The molecule has 0 aliphatic heterocycles. The minimum absolute atomic E-state index is 0.00928. The van der Waals surface area contributed by atoms with Crippen LogP contribution in [0.2, 0.25) is 0 Å². The van der Waals surface area contributed by atoms with Crippen molar-refractivity contribution in [3.05, 3.63) is 30.1 Å². The molecule has 0 aliphatic rings. The summed E-state index contributed by atoms with van der Waals surface area (Å²) in [5, 5.41) is 0. The SMILES string of the molecule is CS(=O)(=O)CCCC(CSc1cccc(F)c1)NN. The Bertz CT molecular complexity index is 494. The Labute approximate surface area is 117 Å². The lowest BCUT2D eigenvalue weighted by atomic mass is 10.2. The van der Waals surface area contributed by atoms with E-state index in [-0.39, 0.29) is 17.6 Å². The summed E-state index contributed by atoms with van der Waals surface area (Å²) in [6.07, 6.45) is 2.46. The largest absolute Gasteiger partial charge is 0.271 e. The van der Waals surface area contributed by atoms with Gasteiger partial charge in [0.05, 0.1) is 0 Å². The molecule has 108 valence electrons. The summed E-state index contributed by atoms with van der Waals surface area (Å²) in [5.74, 6) is 6.00. The van der Waals surface area contributed by atoms with E-state index < -0.39 is 9.84 Å². The second-order valence-corrected chi connectivity index (χ2v) is 7.76. The quantitative estimate of drug-likeness (QED) is 0.433. The van der Waals surface area contributed by atoms with Gasteiger partial charge in [0.1, 0.15) is 15.7 Å². The third-order valence-corrected chi connectivity index (χ3v) is 4.74. The Morgan fingerprint density at radius 3 is 2.79 bits per heavy atom. The molecule has 3 N–H and O–H groups in total. The molecule has 0 aromatic heterocycles. The van der Waals surface area contributed by atoms with Gasteiger partial charge in [0.25, 0.3) is 0 Å². The number of hydrazine groups is 1. The molecule has 1 aromatic rings. The molecule has 0 amide bonds. The highest BCUT2D eigenvalue weighted by Gasteiger charge is 2.10. The first-order valence-corrected chi connectivity index (χ1v) is 8.97. The van der Waals surface area contributed by atoms with Crippen LogP contribution in [0.5, 0.6) is 0 Å². The number of nitrogens with one attached hydrogen (secondary N) is 1. The summed E-state index contributed by atoms with van der Waals surface area (Å²) < 4.78 is 35.0. The molecule has 1 aromatic carbocycles. The lowest BCUT2D eigenvalue weighted by Crippen LogP contribution is -2.37. The van der Waals surface area contributed by atoms with Crippen LogP contribution in [0.1, 0.15) is 12.8 Å². The highest BCUT2D eigenvalue weighted by Crippen LogP contribution is 2.20. The Kier molecular flexibility index (Phi) is 6.78. The van der Waals surface area contributed by atoms with Gasteiger partial charge in [0.2, 0.25) is 0 Å². The molecule has 1 unspecified atom stereocenters. The van der Waals surface area contributed by atoms with Crippen LogP contribution in [0.4, 0.5) is 4.39 Å². The molecule has 0 spiro atoms. The lowest BCUT2D eigenvalue weighted by Gasteiger charge is -2.15. The molecule has 0 saturated carbocycles. The second kappa shape index (κ2) is 7.84. The van der Waals surface area contributed by atoms with E-state index in [1.54, 1.807) is 6.07 Å². The number of hydrogen-bond acceptors (Lipinski definition) is 5. The van der Waals surface area contributed by atoms with Gasteiger partial charge in [-0.05, 0) is 31.0 Å². The van der Waals surface area contributed by atoms with E-state index in [4.69, 9.17) is 5.84 Å². The number of rotatable bonds is 8. The van der Waals surface area contributed by atoms with E-state index in [0.29, 0.717) is 18.6 Å². The molecule has 0 aliphatic carbocycles. The standard InChI is InChI=1S/C12H19FN2O2S2/c1-19(16,17)7-3-5-11(15-14)9-18-12-6-2-4-10(13)8-12/h2,4,6,8,11,15H,3,5,7,9,14H2,1H3. The van der Waals surface area contributed by atoms with Crippen molar-refractivity contribution in [3.63, 3.8) is 0 Å². The summed E-state index contributed by atoms with van der Waals surface area (Å²) in [6.45, 7) is 0. The van der Waals surface area contributed by atoms with Gasteiger partial charge in [0.15, 0.2) is 0 Å². The van der Waals surface area contributed by atoms with Gasteiger partial charge in [-0.2, -0.15) is 0 Å². The van der Waals surface area contributed by atoms with Crippen LogP contribution in [-0.4, -0.2) is 32.2 Å². The van der Waals surface area contributed by atoms with Gasteiger partial charge in [0, 0.05) is 28.7 Å². The molecule has 19 heavy (non-hydrogen) atoms. The molecule has 1 atom stereocenters. The van der Waals surface area contributed by atoms with Gasteiger partial charge >= 0.3 is 0 Å². The zero-order chi connectivity index (χ0) is 14.3. The fourth-order valence-corrected chi connectivity index (χ4v) is 3.28. The predicted molar refractivity (Wildman–Crippen MR) is 77.2 cm³/mol. The van der Waals surface area contributed by atoms with Crippen molar-refractivity contribution in [2.45, 2.75) is 23.8 Å². The minimum Gasteiger partial charge on any atom is -0.271 e. The summed E-state index contributed by atoms with van der Waals surface area (Å²) in [5.41, 5.74) is 2.66. The number of nitrogens with two attached hydrogens (primary N) is 1. The number of benzene rings is 1. The van der Waals surface area contributed by atoms with Crippen molar-refractivity contribution < 1.29 is 12.8 Å². The van der Waals surface area contributed by atoms with Crippen LogP contribution in [0.3, 0.4) is 0 Å². The average molecular weight is 306 g/mol. The lowest BCUT2D eigenvalue weighted by molar-refractivity contribution is 0.528. The Morgan fingerprint density at radius 2 is 2.21 bits per heavy atom. The number of thioether (sulfide) groups is 1. The van der Waals surface area contributed by atoms with Crippen LogP contribution in [0.15, 0.2) is 29.2 Å². The number of halogens is 1. The van der Waals surface area contributed by atoms with Crippen LogP contribution in [0.25, 0.3) is 0 Å². The maximum absolute atomic E-state index is 13.0. The van der Waals surface area contributed by atoms with Gasteiger partial charge in [-0.15, -0.1) is 11.8 Å². The number of sulfone groups is 1. The predicted octanol–water partition coefficient (Wildman–Crippen LogP) is 1.57. The summed E-state index contributed by atoms with van der Waals surface area (Å²) >= 11 is 1.49. The van der Waals surface area contributed by atoms with Gasteiger partial charge in [-0.3, -0.25) is 11.3 Å². The summed E-state index contributed by atoms with van der Waals surface area (Å²) in [7, 11) is -2.93. The average Bonchev–Trinajstić information content (AvgIpc) is 2.32. The van der Waals surface area contributed by atoms with E-state index in [1.165, 1.54) is 30.2 Å². The molecule has 4 nitrogen and oxygen atoms in total.